The van der Waals surface area contributed by atoms with Gasteiger partial charge in [0.15, 0.2) is 0 Å². The summed E-state index contributed by atoms with van der Waals surface area (Å²) < 4.78 is 0. The predicted octanol–water partition coefficient (Wildman–Crippen LogP) is 6.34. The smallest absolute Gasteiger partial charge is 0.0862 e. The first kappa shape index (κ1) is 25.7. The Hall–Kier alpha value is -0.900. The van der Waals surface area contributed by atoms with E-state index in [1.807, 2.05) is 27.7 Å². The second-order valence-corrected chi connectivity index (χ2v) is 12.7. The summed E-state index contributed by atoms with van der Waals surface area (Å²) in [6.45, 7) is 16.8. The molecule has 3 rings (SSSR count). The zero-order valence-electron chi connectivity index (χ0n) is 21.5. The van der Waals surface area contributed by atoms with Crippen LogP contribution in [-0.4, -0.2) is 33.1 Å². The summed E-state index contributed by atoms with van der Waals surface area (Å²) in [5.74, 6) is 2.08. The van der Waals surface area contributed by atoms with Crippen LogP contribution >= 0.6 is 0 Å². The van der Waals surface area contributed by atoms with Gasteiger partial charge >= 0.3 is 0 Å². The normalized spacial score (nSPS) is 38.8. The molecule has 0 saturated heterocycles. The third kappa shape index (κ3) is 5.10. The van der Waals surface area contributed by atoms with Gasteiger partial charge in [-0.25, -0.2) is 0 Å². The third-order valence-corrected chi connectivity index (χ3v) is 9.39. The van der Waals surface area contributed by atoms with Crippen LogP contribution in [0.5, 0.6) is 0 Å². The van der Waals surface area contributed by atoms with E-state index in [9.17, 15) is 15.3 Å². The van der Waals surface area contributed by atoms with Gasteiger partial charge in [0.2, 0.25) is 0 Å². The fourth-order valence-corrected chi connectivity index (χ4v) is 7.06. The van der Waals surface area contributed by atoms with Gasteiger partial charge < -0.3 is 15.3 Å². The van der Waals surface area contributed by atoms with Gasteiger partial charge in [0, 0.05) is 5.41 Å². The van der Waals surface area contributed by atoms with Crippen LogP contribution in [0.15, 0.2) is 35.5 Å². The zero-order valence-corrected chi connectivity index (χ0v) is 21.5. The fraction of sp³-hybridized carbons (Fsp3) is 0.793. The fourth-order valence-electron chi connectivity index (χ4n) is 7.06. The highest BCUT2D eigenvalue weighted by Crippen LogP contribution is 2.60. The molecule has 0 unspecified atom stereocenters. The number of hydrogen-bond acceptors (Lipinski definition) is 3. The lowest BCUT2D eigenvalue weighted by Crippen LogP contribution is -2.45. The van der Waals surface area contributed by atoms with E-state index in [-0.39, 0.29) is 0 Å². The van der Waals surface area contributed by atoms with Gasteiger partial charge in [0.1, 0.15) is 0 Å². The van der Waals surface area contributed by atoms with Crippen molar-refractivity contribution in [3.8, 4) is 0 Å². The maximum absolute atomic E-state index is 10.7. The third-order valence-electron chi connectivity index (χ3n) is 9.39. The molecule has 0 spiro atoms. The summed E-state index contributed by atoms with van der Waals surface area (Å²) in [7, 11) is 0. The molecule has 3 nitrogen and oxygen atoms in total. The molecule has 0 aromatic rings. The summed E-state index contributed by atoms with van der Waals surface area (Å²) >= 11 is 0. The Labute approximate surface area is 196 Å². The predicted molar refractivity (Wildman–Crippen MR) is 133 cm³/mol. The topological polar surface area (TPSA) is 60.7 Å². The molecule has 0 aromatic carbocycles. The largest absolute Gasteiger partial charge is 0.392 e. The van der Waals surface area contributed by atoms with Crippen molar-refractivity contribution >= 4 is 0 Å². The molecule has 0 bridgehead atoms. The van der Waals surface area contributed by atoms with Crippen molar-refractivity contribution in [2.75, 3.05) is 0 Å². The monoisotopic (exact) mass is 444 g/mol. The molecule has 0 heterocycles. The number of rotatable bonds is 6. The Morgan fingerprint density at radius 2 is 1.84 bits per heavy atom. The molecule has 0 aromatic heterocycles. The SMILES string of the molecule is C=C1C(=CC=C2CCC[C@]3(C)[C@@H]([C@H](C)CCCC(C)(C)O)CC[C@@H]23)C[C@@H](O)C(C)(C)[C@H]1O. The van der Waals surface area contributed by atoms with Crippen LogP contribution in [0.1, 0.15) is 99.3 Å². The Balaban J connectivity index is 1.72. The van der Waals surface area contributed by atoms with Crippen LogP contribution in [0.3, 0.4) is 0 Å². The second-order valence-electron chi connectivity index (χ2n) is 12.7. The van der Waals surface area contributed by atoms with Crippen molar-refractivity contribution in [2.24, 2.45) is 28.6 Å². The Bertz CT molecular complexity index is 753. The molecule has 6 atom stereocenters. The highest BCUT2D eigenvalue weighted by Gasteiger charge is 2.50. The number of aliphatic hydroxyl groups excluding tert-OH is 2. The maximum Gasteiger partial charge on any atom is 0.0862 e. The van der Waals surface area contributed by atoms with Crippen LogP contribution < -0.4 is 0 Å². The van der Waals surface area contributed by atoms with Gasteiger partial charge in [0.05, 0.1) is 17.8 Å². The zero-order chi connectivity index (χ0) is 23.9. The first-order chi connectivity index (χ1) is 14.8. The molecule has 32 heavy (non-hydrogen) atoms. The van der Waals surface area contributed by atoms with Crippen LogP contribution in [0.25, 0.3) is 0 Å². The molecule has 0 amide bonds. The summed E-state index contributed by atoms with van der Waals surface area (Å²) in [5, 5.41) is 31.3. The van der Waals surface area contributed by atoms with Gasteiger partial charge in [-0.05, 0) is 93.1 Å². The summed E-state index contributed by atoms with van der Waals surface area (Å²) in [5.41, 5.74) is 2.57. The van der Waals surface area contributed by atoms with Crippen LogP contribution in [0.2, 0.25) is 0 Å². The molecule has 0 radical (unpaired) electrons. The van der Waals surface area contributed by atoms with Crippen LogP contribution in [0.4, 0.5) is 0 Å². The van der Waals surface area contributed by atoms with Crippen LogP contribution in [0, 0.1) is 28.6 Å². The first-order valence-corrected chi connectivity index (χ1v) is 12.9. The number of hydrogen-bond donors (Lipinski definition) is 3. The Morgan fingerprint density at radius 1 is 1.16 bits per heavy atom. The summed E-state index contributed by atoms with van der Waals surface area (Å²) in [4.78, 5) is 0. The van der Waals surface area contributed by atoms with Crippen molar-refractivity contribution in [2.45, 2.75) is 117 Å². The second kappa shape index (κ2) is 9.39. The number of allylic oxidation sites excluding steroid dienone is 3. The van der Waals surface area contributed by atoms with Gasteiger partial charge in [-0.15, -0.1) is 0 Å². The molecule has 3 saturated carbocycles. The lowest BCUT2D eigenvalue weighted by atomic mass is 9.60. The summed E-state index contributed by atoms with van der Waals surface area (Å²) in [6.07, 6.45) is 13.2. The van der Waals surface area contributed by atoms with Gasteiger partial charge in [-0.1, -0.05) is 64.8 Å². The summed E-state index contributed by atoms with van der Waals surface area (Å²) in [6, 6.07) is 0. The highest BCUT2D eigenvalue weighted by molar-refractivity contribution is 5.40. The Kier molecular flexibility index (Phi) is 7.55. The van der Waals surface area contributed by atoms with Crippen molar-refractivity contribution in [3.05, 3.63) is 35.5 Å². The molecule has 3 fully saturated rings. The average Bonchev–Trinajstić information content (AvgIpc) is 3.05. The minimum absolute atomic E-state index is 0.362. The van der Waals surface area contributed by atoms with E-state index in [2.05, 4.69) is 32.6 Å². The van der Waals surface area contributed by atoms with Gasteiger partial charge in [-0.2, -0.15) is 0 Å². The van der Waals surface area contributed by atoms with Crippen molar-refractivity contribution in [1.29, 1.82) is 0 Å². The lowest BCUT2D eigenvalue weighted by Gasteiger charge is -2.44. The van der Waals surface area contributed by atoms with Gasteiger partial charge in [0.25, 0.3) is 0 Å². The van der Waals surface area contributed by atoms with E-state index in [0.29, 0.717) is 23.7 Å². The quantitative estimate of drug-likeness (QED) is 0.448. The van der Waals surface area contributed by atoms with E-state index in [1.54, 1.807) is 5.57 Å². The minimum atomic E-state index is -0.701. The maximum atomic E-state index is 10.7. The van der Waals surface area contributed by atoms with E-state index in [1.165, 1.54) is 32.1 Å². The molecular weight excluding hydrogens is 396 g/mol. The van der Waals surface area contributed by atoms with E-state index < -0.39 is 23.2 Å². The standard InChI is InChI=1S/C29H48O3/c1-19(10-8-16-27(3,4)32)23-14-15-24-21(11-9-17-29(23,24)7)12-13-22-18-25(30)28(5,6)26(31)20(22)2/h12-13,19,23-26,30-32H,2,8-11,14-18H2,1,3-7H3/t19-,23-,24+,25-,26+,29-/m1/s1. The molecule has 3 aliphatic rings. The molecular formula is C29H48O3. The molecule has 182 valence electrons. The highest BCUT2D eigenvalue weighted by atomic mass is 16.3. The van der Waals surface area contributed by atoms with E-state index in [4.69, 9.17) is 0 Å². The molecule has 3 aliphatic carbocycles. The van der Waals surface area contributed by atoms with Crippen molar-refractivity contribution < 1.29 is 15.3 Å². The van der Waals surface area contributed by atoms with Crippen molar-refractivity contribution in [1.82, 2.24) is 0 Å². The molecule has 3 heteroatoms. The Morgan fingerprint density at radius 3 is 2.50 bits per heavy atom. The van der Waals surface area contributed by atoms with Crippen molar-refractivity contribution in [3.63, 3.8) is 0 Å². The number of fused-ring (bicyclic) bond motifs is 1. The number of aliphatic hydroxyl groups is 3. The minimum Gasteiger partial charge on any atom is -0.392 e. The lowest BCUT2D eigenvalue weighted by molar-refractivity contribution is -0.0404. The van der Waals surface area contributed by atoms with Crippen LogP contribution in [-0.2, 0) is 0 Å². The molecule has 3 N–H and O–H groups in total. The van der Waals surface area contributed by atoms with E-state index in [0.717, 1.165) is 36.3 Å². The van der Waals surface area contributed by atoms with E-state index >= 15 is 0 Å². The molecule has 0 aliphatic heterocycles. The van der Waals surface area contributed by atoms with Gasteiger partial charge in [-0.3, -0.25) is 0 Å². The average molecular weight is 445 g/mol. The first-order valence-electron chi connectivity index (χ1n) is 12.9.